The van der Waals surface area contributed by atoms with E-state index in [-0.39, 0.29) is 43.7 Å². The molecule has 0 fully saturated rings. The minimum Gasteiger partial charge on any atom is -0.496 e. The largest absolute Gasteiger partial charge is 0.496 e. The van der Waals surface area contributed by atoms with Crippen LogP contribution in [0.4, 0.5) is 0 Å². The first-order valence-electron chi connectivity index (χ1n) is 15.7. The minimum atomic E-state index is -0.800. The maximum atomic E-state index is 13.9. The Bertz CT molecular complexity index is 1520. The summed E-state index contributed by atoms with van der Waals surface area (Å²) < 4.78 is 33.5. The van der Waals surface area contributed by atoms with Crippen LogP contribution in [0.25, 0.3) is 5.57 Å². The Morgan fingerprint density at radius 3 is 1.96 bits per heavy atom. The third-order valence-corrected chi connectivity index (χ3v) is 7.51. The Kier molecular flexibility index (Phi) is 12.2. The number of hydrogen-bond donors (Lipinski definition) is 0. The third kappa shape index (κ3) is 10.1. The molecule has 0 aromatic heterocycles. The molecule has 0 heterocycles. The number of ketones is 2. The van der Waals surface area contributed by atoms with Crippen molar-refractivity contribution < 1.29 is 47.6 Å². The van der Waals surface area contributed by atoms with E-state index in [1.54, 1.807) is 60.8 Å². The number of carbonyl (C=O) groups is 4. The highest BCUT2D eigenvalue weighted by Crippen LogP contribution is 2.46. The zero-order valence-electron chi connectivity index (χ0n) is 29.3. The molecular weight excluding hydrogens is 604 g/mol. The molecule has 10 nitrogen and oxygen atoms in total. The number of carbonyl (C=O) groups excluding carboxylic acids is 4. The summed E-state index contributed by atoms with van der Waals surface area (Å²) in [5.41, 5.74) is 2.01. The number of benzene rings is 2. The molecule has 0 aliphatic heterocycles. The Morgan fingerprint density at radius 2 is 1.38 bits per heavy atom. The number of allylic oxidation sites excluding steroid dienone is 1. The quantitative estimate of drug-likeness (QED) is 0.229. The smallest absolute Gasteiger partial charge is 0.307 e. The summed E-state index contributed by atoms with van der Waals surface area (Å²) in [5.74, 6) is -0.266. The molecule has 1 aliphatic carbocycles. The molecule has 10 heteroatoms. The monoisotopic (exact) mass is 652 g/mol. The molecule has 0 N–H and O–H groups in total. The third-order valence-electron chi connectivity index (χ3n) is 7.51. The Hall–Kier alpha value is -4.34. The van der Waals surface area contributed by atoms with Crippen molar-refractivity contribution in [1.82, 2.24) is 0 Å². The molecule has 0 spiro atoms. The van der Waals surface area contributed by atoms with Crippen LogP contribution >= 0.6 is 0 Å². The molecule has 0 saturated carbocycles. The summed E-state index contributed by atoms with van der Waals surface area (Å²) in [6.07, 6.45) is 2.11. The van der Waals surface area contributed by atoms with Crippen LogP contribution in [0.2, 0.25) is 0 Å². The lowest BCUT2D eigenvalue weighted by atomic mass is 9.88. The van der Waals surface area contributed by atoms with E-state index in [0.29, 0.717) is 46.1 Å². The van der Waals surface area contributed by atoms with E-state index < -0.39 is 29.1 Å². The zero-order chi connectivity index (χ0) is 35.1. The fourth-order valence-corrected chi connectivity index (χ4v) is 5.56. The molecule has 0 radical (unpaired) electrons. The first-order valence-corrected chi connectivity index (χ1v) is 15.7. The maximum absolute atomic E-state index is 13.9. The number of rotatable bonds is 13. The van der Waals surface area contributed by atoms with Gasteiger partial charge in [0, 0.05) is 36.3 Å². The van der Waals surface area contributed by atoms with E-state index >= 15 is 0 Å². The second-order valence-corrected chi connectivity index (χ2v) is 13.5. The molecule has 1 aliphatic rings. The van der Waals surface area contributed by atoms with Crippen molar-refractivity contribution in [2.45, 2.75) is 91.3 Å². The molecule has 2 aromatic rings. The molecule has 0 saturated heterocycles. The van der Waals surface area contributed by atoms with Crippen molar-refractivity contribution in [2.24, 2.45) is 5.92 Å². The van der Waals surface area contributed by atoms with E-state index in [1.807, 2.05) is 18.2 Å². The molecule has 3 rings (SSSR count). The number of esters is 2. The van der Waals surface area contributed by atoms with Gasteiger partial charge >= 0.3 is 11.9 Å². The Morgan fingerprint density at radius 1 is 0.766 bits per heavy atom. The number of fused-ring (bicyclic) bond motifs is 1. The van der Waals surface area contributed by atoms with E-state index in [1.165, 1.54) is 21.3 Å². The first kappa shape index (κ1) is 37.1. The van der Waals surface area contributed by atoms with E-state index in [2.05, 4.69) is 0 Å². The van der Waals surface area contributed by atoms with Gasteiger partial charge in [0.25, 0.3) is 0 Å². The summed E-state index contributed by atoms with van der Waals surface area (Å²) >= 11 is 0. The molecule has 0 bridgehead atoms. The number of hydrogen-bond acceptors (Lipinski definition) is 10. The van der Waals surface area contributed by atoms with Crippen LogP contribution in [0.5, 0.6) is 23.0 Å². The summed E-state index contributed by atoms with van der Waals surface area (Å²) in [5, 5.41) is 0. The number of methoxy groups -OCH3 is 4. The van der Waals surface area contributed by atoms with Crippen molar-refractivity contribution in [3.8, 4) is 23.0 Å². The summed E-state index contributed by atoms with van der Waals surface area (Å²) in [7, 11) is 6.11. The fraction of sp³-hybridized carbons (Fsp3) is 0.514. The molecule has 2 aromatic carbocycles. The number of ether oxygens (including phenoxy) is 6. The topological polar surface area (TPSA) is 124 Å². The van der Waals surface area contributed by atoms with Crippen molar-refractivity contribution in [1.29, 1.82) is 0 Å². The Balaban J connectivity index is 2.03. The van der Waals surface area contributed by atoms with Gasteiger partial charge in [-0.1, -0.05) is 6.07 Å². The first-order chi connectivity index (χ1) is 22.0. The van der Waals surface area contributed by atoms with Crippen LogP contribution in [0.1, 0.15) is 89.5 Å². The summed E-state index contributed by atoms with van der Waals surface area (Å²) in [6, 6.07) is 7.20. The van der Waals surface area contributed by atoms with Gasteiger partial charge in [0.15, 0.2) is 17.3 Å². The standard InChI is InChI=1S/C37H48O10/c1-36(2,3)46-32(40)16-12-23(19-33(41)47-37(4,5)6)29(39)18-24-17-22(11-15-30(24)42-7)27-20-25(38)13-14-26-28(27)21-31(43-8)35(45-10)34(26)44-9/h11,15,17,20-21,23H,12-14,16,18-19H2,1-10H3/t23-/m0/s1. The summed E-state index contributed by atoms with van der Waals surface area (Å²) in [6.45, 7) is 10.6. The molecule has 0 unspecified atom stereocenters. The lowest BCUT2D eigenvalue weighted by Crippen LogP contribution is -2.29. The minimum absolute atomic E-state index is 0.0352. The van der Waals surface area contributed by atoms with Gasteiger partial charge in [-0.3, -0.25) is 19.2 Å². The van der Waals surface area contributed by atoms with Crippen LogP contribution in [0.15, 0.2) is 30.3 Å². The van der Waals surface area contributed by atoms with Crippen LogP contribution in [-0.2, 0) is 41.5 Å². The van der Waals surface area contributed by atoms with Gasteiger partial charge in [0.2, 0.25) is 5.75 Å². The highest BCUT2D eigenvalue weighted by molar-refractivity contribution is 6.03. The average Bonchev–Trinajstić information content (AvgIpc) is 3.14. The molecule has 256 valence electrons. The van der Waals surface area contributed by atoms with E-state index in [4.69, 9.17) is 28.4 Å². The Labute approximate surface area is 277 Å². The average molecular weight is 653 g/mol. The van der Waals surface area contributed by atoms with Crippen molar-refractivity contribution >= 4 is 29.1 Å². The molecule has 0 amide bonds. The second kappa shape index (κ2) is 15.5. The summed E-state index contributed by atoms with van der Waals surface area (Å²) in [4.78, 5) is 52.2. The zero-order valence-corrected chi connectivity index (χ0v) is 29.3. The van der Waals surface area contributed by atoms with Gasteiger partial charge < -0.3 is 28.4 Å². The molecule has 47 heavy (non-hydrogen) atoms. The predicted molar refractivity (Wildman–Crippen MR) is 177 cm³/mol. The molecule has 1 atom stereocenters. The van der Waals surface area contributed by atoms with Crippen LogP contribution < -0.4 is 18.9 Å². The lowest BCUT2D eigenvalue weighted by Gasteiger charge is -2.23. The lowest BCUT2D eigenvalue weighted by molar-refractivity contribution is -0.159. The molecular formula is C37H48O10. The van der Waals surface area contributed by atoms with Crippen LogP contribution in [0, 0.1) is 5.92 Å². The predicted octanol–water partition coefficient (Wildman–Crippen LogP) is 6.25. The van der Waals surface area contributed by atoms with Gasteiger partial charge in [-0.2, -0.15) is 0 Å². The highest BCUT2D eigenvalue weighted by Gasteiger charge is 2.29. The normalized spacial score (nSPS) is 13.8. The van der Waals surface area contributed by atoms with E-state index in [0.717, 1.165) is 11.1 Å². The maximum Gasteiger partial charge on any atom is 0.307 e. The van der Waals surface area contributed by atoms with Crippen molar-refractivity contribution in [3.05, 3.63) is 52.6 Å². The highest BCUT2D eigenvalue weighted by atomic mass is 16.6. The fourth-order valence-electron chi connectivity index (χ4n) is 5.56. The van der Waals surface area contributed by atoms with Gasteiger partial charge in [0.05, 0.1) is 34.9 Å². The van der Waals surface area contributed by atoms with Gasteiger partial charge in [-0.15, -0.1) is 0 Å². The van der Waals surface area contributed by atoms with Crippen molar-refractivity contribution in [3.63, 3.8) is 0 Å². The van der Waals surface area contributed by atoms with E-state index in [9.17, 15) is 19.2 Å². The van der Waals surface area contributed by atoms with Gasteiger partial charge in [-0.25, -0.2) is 0 Å². The van der Waals surface area contributed by atoms with Gasteiger partial charge in [0.1, 0.15) is 22.7 Å². The number of Topliss-reactive ketones (excluding diaryl/α,β-unsaturated/α-hetero) is 1. The van der Waals surface area contributed by atoms with Gasteiger partial charge in [-0.05, 0) is 95.4 Å². The van der Waals surface area contributed by atoms with Crippen molar-refractivity contribution in [2.75, 3.05) is 28.4 Å². The second-order valence-electron chi connectivity index (χ2n) is 13.5. The van der Waals surface area contributed by atoms with Crippen LogP contribution in [0.3, 0.4) is 0 Å². The van der Waals surface area contributed by atoms with Crippen LogP contribution in [-0.4, -0.2) is 63.1 Å². The SMILES string of the molecule is COc1ccc(C2=CC(=O)CCc3c2cc(OC)c(OC)c3OC)cc1CC(=O)[C@@H](CCC(=O)OC(C)(C)C)CC(=O)OC(C)(C)C.